The van der Waals surface area contributed by atoms with Crippen LogP contribution in [0.5, 0.6) is 11.5 Å². The van der Waals surface area contributed by atoms with Gasteiger partial charge in [0.15, 0.2) is 18.1 Å². The van der Waals surface area contributed by atoms with Crippen molar-refractivity contribution in [1.29, 1.82) is 0 Å². The maximum absolute atomic E-state index is 12.2. The van der Waals surface area contributed by atoms with Gasteiger partial charge in [-0.2, -0.15) is 0 Å². The number of anilines is 1. The normalized spacial score (nSPS) is 12.2. The third kappa shape index (κ3) is 5.77. The number of amides is 1. The average Bonchev–Trinajstić information content (AvgIpc) is 2.75. The number of fused-ring (bicyclic) bond motifs is 1. The Bertz CT molecular complexity index is 860. The van der Waals surface area contributed by atoms with Gasteiger partial charge < -0.3 is 24.4 Å². The highest BCUT2D eigenvalue weighted by Crippen LogP contribution is 2.38. The highest BCUT2D eigenvalue weighted by molar-refractivity contribution is 6.32. The Kier molecular flexibility index (Phi) is 7.19. The maximum Gasteiger partial charge on any atom is 0.338 e. The standard InChI is InChI=1S/C21H23ClN2O5/c1-24(16-6-3-2-4-7-16)9-5-8-23-19(25)14-29-21(26)15-12-17(22)20-18(13-15)27-10-11-28-20/h2-4,6-7,12-13H,5,8-11,14H2,1H3,(H,23,25). The molecule has 8 heteroatoms. The van der Waals surface area contributed by atoms with E-state index in [0.717, 1.165) is 18.7 Å². The second-order valence-electron chi connectivity index (χ2n) is 6.52. The number of carbonyl (C=O) groups is 2. The summed E-state index contributed by atoms with van der Waals surface area (Å²) in [6.07, 6.45) is 0.767. The molecule has 1 heterocycles. The zero-order valence-corrected chi connectivity index (χ0v) is 16.9. The van der Waals surface area contributed by atoms with Gasteiger partial charge in [0.2, 0.25) is 0 Å². The lowest BCUT2D eigenvalue weighted by molar-refractivity contribution is -0.124. The van der Waals surface area contributed by atoms with E-state index in [9.17, 15) is 9.59 Å². The molecule has 0 aromatic heterocycles. The Morgan fingerprint density at radius 3 is 2.72 bits per heavy atom. The monoisotopic (exact) mass is 418 g/mol. The zero-order chi connectivity index (χ0) is 20.6. The first-order chi connectivity index (χ1) is 14.0. The Labute approximate surface area is 174 Å². The van der Waals surface area contributed by atoms with E-state index in [1.807, 2.05) is 37.4 Å². The molecule has 0 bridgehead atoms. The van der Waals surface area contributed by atoms with Crippen molar-refractivity contribution in [2.45, 2.75) is 6.42 Å². The minimum absolute atomic E-state index is 0.205. The van der Waals surface area contributed by atoms with Gasteiger partial charge in [0.25, 0.3) is 5.91 Å². The summed E-state index contributed by atoms with van der Waals surface area (Å²) in [7, 11) is 2.00. The zero-order valence-electron chi connectivity index (χ0n) is 16.2. The molecule has 0 atom stereocenters. The van der Waals surface area contributed by atoms with Crippen molar-refractivity contribution in [2.24, 2.45) is 0 Å². The molecule has 0 saturated carbocycles. The quantitative estimate of drug-likeness (QED) is 0.524. The van der Waals surface area contributed by atoms with Gasteiger partial charge in [0.1, 0.15) is 13.2 Å². The van der Waals surface area contributed by atoms with Crippen LogP contribution in [0.15, 0.2) is 42.5 Å². The lowest BCUT2D eigenvalue weighted by atomic mass is 10.2. The van der Waals surface area contributed by atoms with E-state index in [1.54, 1.807) is 0 Å². The largest absolute Gasteiger partial charge is 0.486 e. The fraction of sp³-hybridized carbons (Fsp3) is 0.333. The van der Waals surface area contributed by atoms with Crippen molar-refractivity contribution in [3.63, 3.8) is 0 Å². The summed E-state index contributed by atoms with van der Waals surface area (Å²) in [6, 6.07) is 12.9. The fourth-order valence-corrected chi connectivity index (χ4v) is 3.12. The lowest BCUT2D eigenvalue weighted by Crippen LogP contribution is -2.31. The van der Waals surface area contributed by atoms with E-state index in [4.69, 9.17) is 25.8 Å². The van der Waals surface area contributed by atoms with Crippen LogP contribution >= 0.6 is 11.6 Å². The Morgan fingerprint density at radius 2 is 1.93 bits per heavy atom. The number of halogens is 1. The summed E-state index contributed by atoms with van der Waals surface area (Å²) in [5.41, 5.74) is 1.32. The Hall–Kier alpha value is -2.93. The molecule has 154 valence electrons. The van der Waals surface area contributed by atoms with Crippen LogP contribution in [0.2, 0.25) is 5.02 Å². The third-order valence-electron chi connectivity index (χ3n) is 4.36. The average molecular weight is 419 g/mol. The lowest BCUT2D eigenvalue weighted by Gasteiger charge is -2.20. The predicted molar refractivity (Wildman–Crippen MR) is 110 cm³/mol. The molecule has 1 N–H and O–H groups in total. The number of hydrogen-bond acceptors (Lipinski definition) is 6. The topological polar surface area (TPSA) is 77.1 Å². The number of esters is 1. The molecule has 0 fully saturated rings. The van der Waals surface area contributed by atoms with Gasteiger partial charge in [-0.05, 0) is 30.7 Å². The van der Waals surface area contributed by atoms with Crippen molar-refractivity contribution in [3.8, 4) is 11.5 Å². The predicted octanol–water partition coefficient (Wildman–Crippen LogP) is 2.91. The number of hydrogen-bond donors (Lipinski definition) is 1. The minimum Gasteiger partial charge on any atom is -0.486 e. The van der Waals surface area contributed by atoms with E-state index < -0.39 is 5.97 Å². The molecule has 29 heavy (non-hydrogen) atoms. The molecule has 1 aliphatic heterocycles. The van der Waals surface area contributed by atoms with Crippen LogP contribution in [-0.4, -0.2) is 51.8 Å². The molecular formula is C21H23ClN2O5. The first-order valence-electron chi connectivity index (χ1n) is 9.34. The van der Waals surface area contributed by atoms with E-state index >= 15 is 0 Å². The highest BCUT2D eigenvalue weighted by Gasteiger charge is 2.20. The molecule has 1 aliphatic rings. The van der Waals surface area contributed by atoms with Gasteiger partial charge in [-0.1, -0.05) is 29.8 Å². The SMILES string of the molecule is CN(CCCNC(=O)COC(=O)c1cc(Cl)c2c(c1)OCCO2)c1ccccc1. The summed E-state index contributed by atoms with van der Waals surface area (Å²) in [6.45, 7) is 1.70. The summed E-state index contributed by atoms with van der Waals surface area (Å²) in [4.78, 5) is 26.2. The number of nitrogens with zero attached hydrogens (tertiary/aromatic N) is 1. The van der Waals surface area contributed by atoms with Crippen LogP contribution in [0.1, 0.15) is 16.8 Å². The molecule has 1 amide bonds. The van der Waals surface area contributed by atoms with Crippen LogP contribution in [0.25, 0.3) is 0 Å². The number of benzene rings is 2. The van der Waals surface area contributed by atoms with Crippen LogP contribution in [0.3, 0.4) is 0 Å². The number of para-hydroxylation sites is 1. The first kappa shape index (κ1) is 20.8. The van der Waals surface area contributed by atoms with Crippen molar-refractivity contribution >= 4 is 29.2 Å². The Balaban J connectivity index is 1.39. The van der Waals surface area contributed by atoms with E-state index in [1.165, 1.54) is 12.1 Å². The van der Waals surface area contributed by atoms with Crippen molar-refractivity contribution < 1.29 is 23.8 Å². The number of nitrogens with one attached hydrogen (secondary N) is 1. The number of ether oxygens (including phenoxy) is 3. The summed E-state index contributed by atoms with van der Waals surface area (Å²) >= 11 is 6.11. The van der Waals surface area contributed by atoms with E-state index in [2.05, 4.69) is 10.2 Å². The molecule has 0 unspecified atom stereocenters. The summed E-state index contributed by atoms with van der Waals surface area (Å²) in [5.74, 6) is -0.206. The minimum atomic E-state index is -0.650. The Morgan fingerprint density at radius 1 is 1.17 bits per heavy atom. The van der Waals surface area contributed by atoms with Gasteiger partial charge >= 0.3 is 5.97 Å². The number of carbonyl (C=O) groups excluding carboxylic acids is 2. The fourth-order valence-electron chi connectivity index (χ4n) is 2.85. The van der Waals surface area contributed by atoms with Gasteiger partial charge in [0.05, 0.1) is 10.6 Å². The maximum atomic E-state index is 12.2. The molecule has 7 nitrogen and oxygen atoms in total. The van der Waals surface area contributed by atoms with Crippen LogP contribution in [0, 0.1) is 0 Å². The number of rotatable bonds is 8. The van der Waals surface area contributed by atoms with Crippen LogP contribution in [-0.2, 0) is 9.53 Å². The van der Waals surface area contributed by atoms with E-state index in [0.29, 0.717) is 31.3 Å². The van der Waals surface area contributed by atoms with Crippen molar-refractivity contribution in [3.05, 3.63) is 53.1 Å². The second-order valence-corrected chi connectivity index (χ2v) is 6.93. The second kappa shape index (κ2) is 10.0. The van der Waals surface area contributed by atoms with Gasteiger partial charge in [0, 0.05) is 25.8 Å². The van der Waals surface area contributed by atoms with Crippen LogP contribution < -0.4 is 19.7 Å². The molecule has 0 radical (unpaired) electrons. The molecule has 0 spiro atoms. The van der Waals surface area contributed by atoms with Gasteiger partial charge in [-0.25, -0.2) is 4.79 Å². The molecular weight excluding hydrogens is 396 g/mol. The van der Waals surface area contributed by atoms with Crippen molar-refractivity contribution in [2.75, 3.05) is 44.9 Å². The third-order valence-corrected chi connectivity index (χ3v) is 4.64. The molecule has 0 saturated heterocycles. The summed E-state index contributed by atoms with van der Waals surface area (Å²) < 4.78 is 15.9. The van der Waals surface area contributed by atoms with Gasteiger partial charge in [-0.3, -0.25) is 4.79 Å². The highest BCUT2D eigenvalue weighted by atomic mass is 35.5. The molecule has 2 aromatic rings. The van der Waals surface area contributed by atoms with Gasteiger partial charge in [-0.15, -0.1) is 0 Å². The molecule has 2 aromatic carbocycles. The molecule has 3 rings (SSSR count). The van der Waals surface area contributed by atoms with Crippen LogP contribution in [0.4, 0.5) is 5.69 Å². The molecule has 0 aliphatic carbocycles. The smallest absolute Gasteiger partial charge is 0.338 e. The first-order valence-corrected chi connectivity index (χ1v) is 9.71. The summed E-state index contributed by atoms with van der Waals surface area (Å²) in [5, 5.41) is 3.01. The van der Waals surface area contributed by atoms with Crippen molar-refractivity contribution in [1.82, 2.24) is 5.32 Å². The van der Waals surface area contributed by atoms with E-state index in [-0.39, 0.29) is 23.1 Å².